The minimum atomic E-state index is 0.319. The van der Waals surface area contributed by atoms with E-state index in [1.165, 1.54) is 160 Å². The third kappa shape index (κ3) is 6.70. The summed E-state index contributed by atoms with van der Waals surface area (Å²) in [6, 6.07) is 2.64. The van der Waals surface area contributed by atoms with Crippen LogP contribution < -0.4 is 5.32 Å². The van der Waals surface area contributed by atoms with E-state index in [1.807, 2.05) is 5.57 Å². The van der Waals surface area contributed by atoms with Crippen LogP contribution in [0.1, 0.15) is 180 Å². The largest absolute Gasteiger partial charge is 0.366 e. The van der Waals surface area contributed by atoms with Crippen LogP contribution >= 0.6 is 11.8 Å². The molecule has 3 heterocycles. The minimum Gasteiger partial charge on any atom is -0.366 e. The molecule has 6 saturated carbocycles. The maximum absolute atomic E-state index is 5.48. The average Bonchev–Trinajstić information content (AvgIpc) is 3.79. The van der Waals surface area contributed by atoms with Gasteiger partial charge in [-0.3, -0.25) is 9.89 Å². The van der Waals surface area contributed by atoms with Crippen LogP contribution in [0.3, 0.4) is 0 Å². The highest BCUT2D eigenvalue weighted by molar-refractivity contribution is 8.00. The van der Waals surface area contributed by atoms with Crippen molar-refractivity contribution in [3.8, 4) is 0 Å². The normalized spacial score (nSPS) is 47.0. The summed E-state index contributed by atoms with van der Waals surface area (Å²) in [5.41, 5.74) is 6.51. The van der Waals surface area contributed by atoms with E-state index in [9.17, 15) is 0 Å². The molecule has 54 heavy (non-hydrogen) atoms. The van der Waals surface area contributed by atoms with Gasteiger partial charge < -0.3 is 5.32 Å². The Morgan fingerprint density at radius 1 is 0.593 bits per heavy atom. The molecular weight excluding hydrogens is 675 g/mol. The average molecular weight is 750 g/mol. The molecule has 3 aliphatic heterocycles. The second-order valence-electron chi connectivity index (χ2n) is 21.3. The molecule has 1 N–H and O–H groups in total. The van der Waals surface area contributed by atoms with Gasteiger partial charge in [-0.25, -0.2) is 0 Å². The van der Waals surface area contributed by atoms with E-state index in [0.29, 0.717) is 12.1 Å². The standard InChI is InChI=1S/C50H75N3S/c1-2-10-34(11-3-1)49-41-14-4-7-15-44(41)51-50(52-49)35-22-26-38(27-23-35)53-45-16-8-5-12-39(45)42-30-36(24-28-46(42)53)32-18-20-33(21-19-32)37-25-29-48-43(31-37)40-13-6-9-17-47(40)54-48/h7,15,20,32,34-40,42-43,45-48,50,52H,1-6,8-14,16-19,21-31H2. The van der Waals surface area contributed by atoms with Crippen LogP contribution in [0, 0.1) is 53.3 Å². The first-order chi connectivity index (χ1) is 26.7. The van der Waals surface area contributed by atoms with Gasteiger partial charge in [0.25, 0.3) is 0 Å². The molecule has 4 heteroatoms. The van der Waals surface area contributed by atoms with Gasteiger partial charge >= 0.3 is 0 Å². The summed E-state index contributed by atoms with van der Waals surface area (Å²) in [6.45, 7) is 0. The smallest absolute Gasteiger partial charge is 0.121 e. The number of rotatable bonds is 5. The molecule has 296 valence electrons. The van der Waals surface area contributed by atoms with Crippen molar-refractivity contribution in [3.63, 3.8) is 0 Å². The maximum Gasteiger partial charge on any atom is 0.121 e. The Balaban J connectivity index is 0.723. The number of hydrogen-bond donors (Lipinski definition) is 1. The lowest BCUT2D eigenvalue weighted by Gasteiger charge is -2.46. The Bertz CT molecular complexity index is 1480. The zero-order valence-corrected chi connectivity index (χ0v) is 34.8. The zero-order chi connectivity index (χ0) is 35.6. The predicted molar refractivity (Wildman–Crippen MR) is 228 cm³/mol. The topological polar surface area (TPSA) is 27.6 Å². The molecule has 8 aliphatic carbocycles. The van der Waals surface area contributed by atoms with E-state index < -0.39 is 0 Å². The second-order valence-corrected chi connectivity index (χ2v) is 22.7. The van der Waals surface area contributed by atoms with Crippen LogP contribution in [-0.2, 0) is 0 Å². The number of aliphatic imine (C=N–C) groups is 1. The van der Waals surface area contributed by atoms with Crippen molar-refractivity contribution in [1.29, 1.82) is 0 Å². The van der Waals surface area contributed by atoms with Crippen molar-refractivity contribution in [1.82, 2.24) is 10.2 Å². The monoisotopic (exact) mass is 750 g/mol. The lowest BCUT2D eigenvalue weighted by molar-refractivity contribution is 0.0415. The van der Waals surface area contributed by atoms with Crippen molar-refractivity contribution in [2.24, 2.45) is 58.3 Å². The molecule has 0 aromatic rings. The van der Waals surface area contributed by atoms with Gasteiger partial charge in [-0.05, 0) is 200 Å². The van der Waals surface area contributed by atoms with Crippen LogP contribution in [0.15, 0.2) is 40.1 Å². The maximum atomic E-state index is 5.48. The van der Waals surface area contributed by atoms with E-state index in [0.717, 1.165) is 76.0 Å². The van der Waals surface area contributed by atoms with Gasteiger partial charge in [-0.2, -0.15) is 11.8 Å². The molecule has 0 bridgehead atoms. The molecule has 3 nitrogen and oxygen atoms in total. The van der Waals surface area contributed by atoms with Crippen LogP contribution in [0.2, 0.25) is 0 Å². The lowest BCUT2D eigenvalue weighted by atomic mass is 9.64. The highest BCUT2D eigenvalue weighted by Gasteiger charge is 2.54. The number of thioether (sulfide) groups is 1. The molecule has 0 aromatic carbocycles. The Labute approximate surface area is 334 Å². The number of likely N-dealkylation sites (tertiary alicyclic amines) is 1. The van der Waals surface area contributed by atoms with Crippen molar-refractivity contribution < 1.29 is 0 Å². The van der Waals surface area contributed by atoms with Gasteiger partial charge in [-0.15, -0.1) is 0 Å². The first-order valence-electron chi connectivity index (χ1n) is 24.6. The molecule has 11 aliphatic rings. The molecule has 0 spiro atoms. The van der Waals surface area contributed by atoms with Crippen LogP contribution in [0.5, 0.6) is 0 Å². The van der Waals surface area contributed by atoms with Crippen molar-refractivity contribution in [2.45, 2.75) is 215 Å². The number of fused-ring (bicyclic) bond motifs is 7. The van der Waals surface area contributed by atoms with Gasteiger partial charge in [0, 0.05) is 34.3 Å². The third-order valence-electron chi connectivity index (χ3n) is 18.8. The van der Waals surface area contributed by atoms with E-state index >= 15 is 0 Å². The van der Waals surface area contributed by atoms with Crippen molar-refractivity contribution >= 4 is 17.5 Å². The number of allylic oxidation sites excluding steroid dienone is 6. The summed E-state index contributed by atoms with van der Waals surface area (Å²) >= 11 is 2.45. The van der Waals surface area contributed by atoms with E-state index in [2.05, 4.69) is 40.2 Å². The molecule has 0 aromatic heterocycles. The molecule has 11 rings (SSSR count). The Morgan fingerprint density at radius 2 is 1.37 bits per heavy atom. The lowest BCUT2D eigenvalue weighted by Crippen LogP contribution is -2.50. The molecule has 2 saturated heterocycles. The van der Waals surface area contributed by atoms with Gasteiger partial charge in [0.05, 0.1) is 5.71 Å². The molecule has 0 amide bonds. The molecule has 8 fully saturated rings. The first kappa shape index (κ1) is 36.1. The Kier molecular flexibility index (Phi) is 10.5. The minimum absolute atomic E-state index is 0.319. The van der Waals surface area contributed by atoms with E-state index in [-0.39, 0.29) is 0 Å². The SMILES string of the molecule is C1=CC2=NC(C3CCC(N4C5CCCCC5C5CC(C6CC=C(C7CCC8SC9CCCCC9C8C7)CC6)CCC54)CC3)NC(C3CCCCC3)=C2CC1. The quantitative estimate of drug-likeness (QED) is 0.284. The fourth-order valence-electron chi connectivity index (χ4n) is 16.3. The Morgan fingerprint density at radius 3 is 2.24 bits per heavy atom. The second kappa shape index (κ2) is 15.6. The van der Waals surface area contributed by atoms with E-state index in [1.54, 1.807) is 37.0 Å². The fraction of sp³-hybridized carbons (Fsp3) is 0.860. The van der Waals surface area contributed by atoms with Gasteiger partial charge in [-0.1, -0.05) is 62.7 Å². The summed E-state index contributed by atoms with van der Waals surface area (Å²) < 4.78 is 0. The van der Waals surface area contributed by atoms with E-state index in [4.69, 9.17) is 4.99 Å². The highest BCUT2D eigenvalue weighted by Crippen LogP contribution is 2.58. The van der Waals surface area contributed by atoms with Gasteiger partial charge in [0.1, 0.15) is 6.17 Å². The number of hydrogen-bond acceptors (Lipinski definition) is 4. The molecule has 0 radical (unpaired) electrons. The zero-order valence-electron chi connectivity index (χ0n) is 34.0. The fourth-order valence-corrected chi connectivity index (χ4v) is 18.3. The first-order valence-corrected chi connectivity index (χ1v) is 25.6. The third-order valence-corrected chi connectivity index (χ3v) is 20.7. The summed E-state index contributed by atoms with van der Waals surface area (Å²) in [5.74, 6) is 8.56. The van der Waals surface area contributed by atoms with Crippen LogP contribution in [-0.4, -0.2) is 45.4 Å². The molecule has 12 unspecified atom stereocenters. The predicted octanol–water partition coefficient (Wildman–Crippen LogP) is 12.6. The van der Waals surface area contributed by atoms with Crippen LogP contribution in [0.25, 0.3) is 0 Å². The van der Waals surface area contributed by atoms with Crippen molar-refractivity contribution in [2.75, 3.05) is 0 Å². The molecular formula is C50H75N3S. The van der Waals surface area contributed by atoms with Crippen LogP contribution in [0.4, 0.5) is 0 Å². The summed E-state index contributed by atoms with van der Waals surface area (Å²) in [4.78, 5) is 8.75. The summed E-state index contributed by atoms with van der Waals surface area (Å²) in [6.07, 6.45) is 48.8. The summed E-state index contributed by atoms with van der Waals surface area (Å²) in [5, 5.41) is 6.24. The van der Waals surface area contributed by atoms with Gasteiger partial charge in [0.2, 0.25) is 0 Å². The van der Waals surface area contributed by atoms with Crippen molar-refractivity contribution in [3.05, 3.63) is 35.1 Å². The number of nitrogens with zero attached hydrogens (tertiary/aromatic N) is 2. The Hall–Kier alpha value is -1.00. The summed E-state index contributed by atoms with van der Waals surface area (Å²) in [7, 11) is 0. The van der Waals surface area contributed by atoms with Gasteiger partial charge in [0.15, 0.2) is 0 Å². The highest BCUT2D eigenvalue weighted by atomic mass is 32.2. The number of nitrogens with one attached hydrogen (secondary N) is 1. The molecule has 12 atom stereocenters.